The molecule has 0 radical (unpaired) electrons. The zero-order valence-electron chi connectivity index (χ0n) is 9.81. The number of aromatic carboxylic acids is 1. The molecule has 0 atom stereocenters. The van der Waals surface area contributed by atoms with Gasteiger partial charge in [-0.05, 0) is 25.0 Å². The predicted octanol–water partition coefficient (Wildman–Crippen LogP) is 2.66. The Morgan fingerprint density at radius 1 is 1.44 bits per heavy atom. The number of carbonyl (C=O) groups excluding carboxylic acids is 1. The van der Waals surface area contributed by atoms with Crippen LogP contribution in [0.5, 0.6) is 0 Å². The molecule has 5 nitrogen and oxygen atoms in total. The smallest absolute Gasteiger partial charge is 0.339 e. The van der Waals surface area contributed by atoms with Crippen molar-refractivity contribution in [3.05, 3.63) is 28.8 Å². The van der Waals surface area contributed by atoms with Crippen LogP contribution in [0.2, 0.25) is 5.02 Å². The highest BCUT2D eigenvalue weighted by molar-refractivity contribution is 6.34. The first-order chi connectivity index (χ1) is 8.50. The topological polar surface area (TPSA) is 69.6 Å². The van der Waals surface area contributed by atoms with Crippen molar-refractivity contribution in [2.75, 3.05) is 12.4 Å². The first-order valence-electron chi connectivity index (χ1n) is 5.56. The van der Waals surface area contributed by atoms with Gasteiger partial charge in [-0.15, -0.1) is 0 Å². The Morgan fingerprint density at radius 2 is 2.11 bits per heavy atom. The van der Waals surface area contributed by atoms with Crippen molar-refractivity contribution in [2.24, 2.45) is 0 Å². The Bertz CT molecular complexity index is 500. The van der Waals surface area contributed by atoms with Crippen molar-refractivity contribution in [2.45, 2.75) is 18.9 Å². The molecule has 1 aliphatic rings. The Hall–Kier alpha value is -1.75. The van der Waals surface area contributed by atoms with Crippen LogP contribution in [-0.2, 0) is 0 Å². The molecule has 96 valence electrons. The van der Waals surface area contributed by atoms with E-state index in [-0.39, 0.29) is 28.3 Å². The van der Waals surface area contributed by atoms with Gasteiger partial charge in [-0.2, -0.15) is 0 Å². The summed E-state index contributed by atoms with van der Waals surface area (Å²) in [6.45, 7) is 0. The van der Waals surface area contributed by atoms with Gasteiger partial charge in [-0.1, -0.05) is 17.7 Å². The van der Waals surface area contributed by atoms with Crippen LogP contribution in [0.15, 0.2) is 18.2 Å². The van der Waals surface area contributed by atoms with E-state index in [9.17, 15) is 9.59 Å². The average Bonchev–Trinajstić information content (AvgIpc) is 3.11. The van der Waals surface area contributed by atoms with Crippen LogP contribution in [0.1, 0.15) is 23.2 Å². The second-order valence-electron chi connectivity index (χ2n) is 4.24. The van der Waals surface area contributed by atoms with Crippen LogP contribution in [0.3, 0.4) is 0 Å². The summed E-state index contributed by atoms with van der Waals surface area (Å²) in [6.07, 6.45) is 1.98. The number of benzene rings is 1. The number of halogens is 1. The summed E-state index contributed by atoms with van der Waals surface area (Å²) in [5.41, 5.74) is 0.129. The van der Waals surface area contributed by atoms with Crippen molar-refractivity contribution < 1.29 is 14.7 Å². The highest BCUT2D eigenvalue weighted by Gasteiger charge is 2.30. The van der Waals surface area contributed by atoms with Crippen molar-refractivity contribution in [3.8, 4) is 0 Å². The second-order valence-corrected chi connectivity index (χ2v) is 4.65. The van der Waals surface area contributed by atoms with E-state index < -0.39 is 5.97 Å². The van der Waals surface area contributed by atoms with E-state index in [0.29, 0.717) is 0 Å². The van der Waals surface area contributed by atoms with Crippen LogP contribution < -0.4 is 5.32 Å². The number of nitrogens with zero attached hydrogens (tertiary/aromatic N) is 1. The van der Waals surface area contributed by atoms with E-state index in [0.717, 1.165) is 12.8 Å². The van der Waals surface area contributed by atoms with Crippen molar-refractivity contribution in [1.82, 2.24) is 4.90 Å². The molecule has 0 unspecified atom stereocenters. The van der Waals surface area contributed by atoms with Crippen molar-refractivity contribution in [1.29, 1.82) is 0 Å². The third-order valence-corrected chi connectivity index (χ3v) is 3.20. The van der Waals surface area contributed by atoms with Crippen molar-refractivity contribution in [3.63, 3.8) is 0 Å². The van der Waals surface area contributed by atoms with Gasteiger partial charge in [0.25, 0.3) is 0 Å². The number of carbonyl (C=O) groups is 2. The van der Waals surface area contributed by atoms with E-state index in [1.807, 2.05) is 0 Å². The van der Waals surface area contributed by atoms with Gasteiger partial charge in [0.15, 0.2) is 0 Å². The number of nitrogens with one attached hydrogen (secondary N) is 1. The standard InChI is InChI=1S/C12H13ClN2O3/c1-15(7-5-6-7)12(18)14-9-4-2-3-8(13)10(9)11(16)17/h2-4,7H,5-6H2,1H3,(H,14,18)(H,16,17). The van der Waals surface area contributed by atoms with E-state index >= 15 is 0 Å². The van der Waals surface area contributed by atoms with Crippen LogP contribution in [-0.4, -0.2) is 35.1 Å². The summed E-state index contributed by atoms with van der Waals surface area (Å²) in [5.74, 6) is -1.16. The maximum atomic E-state index is 11.9. The molecule has 1 aromatic rings. The fourth-order valence-electron chi connectivity index (χ4n) is 1.68. The van der Waals surface area contributed by atoms with Crippen LogP contribution in [0, 0.1) is 0 Å². The lowest BCUT2D eigenvalue weighted by molar-refractivity contribution is 0.0698. The van der Waals surface area contributed by atoms with Crippen LogP contribution >= 0.6 is 11.6 Å². The Kier molecular flexibility index (Phi) is 3.43. The zero-order chi connectivity index (χ0) is 13.3. The van der Waals surface area contributed by atoms with Gasteiger partial charge in [-0.3, -0.25) is 0 Å². The van der Waals surface area contributed by atoms with Gasteiger partial charge < -0.3 is 15.3 Å². The maximum Gasteiger partial charge on any atom is 0.339 e. The Morgan fingerprint density at radius 3 is 2.67 bits per heavy atom. The van der Waals surface area contributed by atoms with Gasteiger partial charge >= 0.3 is 12.0 Å². The summed E-state index contributed by atoms with van der Waals surface area (Å²) in [4.78, 5) is 24.5. The minimum Gasteiger partial charge on any atom is -0.478 e. The number of hydrogen-bond donors (Lipinski definition) is 2. The monoisotopic (exact) mass is 268 g/mol. The number of urea groups is 1. The summed E-state index contributed by atoms with van der Waals surface area (Å²) < 4.78 is 0. The third-order valence-electron chi connectivity index (χ3n) is 2.88. The summed E-state index contributed by atoms with van der Waals surface area (Å²) in [6, 6.07) is 4.54. The highest BCUT2D eigenvalue weighted by Crippen LogP contribution is 2.28. The number of rotatable bonds is 3. The molecule has 1 aliphatic carbocycles. The molecule has 18 heavy (non-hydrogen) atoms. The molecule has 2 N–H and O–H groups in total. The third kappa shape index (κ3) is 2.56. The molecule has 6 heteroatoms. The fourth-order valence-corrected chi connectivity index (χ4v) is 1.93. The average molecular weight is 269 g/mol. The molecule has 0 saturated heterocycles. The van der Waals surface area contributed by atoms with E-state index in [1.54, 1.807) is 18.0 Å². The van der Waals surface area contributed by atoms with Gasteiger partial charge in [-0.25, -0.2) is 9.59 Å². The Labute approximate surface area is 109 Å². The molecule has 1 aromatic carbocycles. The molecule has 1 saturated carbocycles. The molecule has 0 spiro atoms. The highest BCUT2D eigenvalue weighted by atomic mass is 35.5. The minimum absolute atomic E-state index is 0.0864. The number of carboxylic acid groups (broad SMARTS) is 1. The molecule has 0 aliphatic heterocycles. The first kappa shape index (κ1) is 12.7. The largest absolute Gasteiger partial charge is 0.478 e. The fraction of sp³-hybridized carbons (Fsp3) is 0.333. The quantitative estimate of drug-likeness (QED) is 0.885. The van der Waals surface area contributed by atoms with Crippen molar-refractivity contribution >= 4 is 29.3 Å². The van der Waals surface area contributed by atoms with Crippen LogP contribution in [0.25, 0.3) is 0 Å². The molecule has 0 bridgehead atoms. The molecule has 2 rings (SSSR count). The summed E-state index contributed by atoms with van der Waals surface area (Å²) in [7, 11) is 1.69. The number of hydrogen-bond acceptors (Lipinski definition) is 2. The predicted molar refractivity (Wildman–Crippen MR) is 68.2 cm³/mol. The molecule has 2 amide bonds. The zero-order valence-corrected chi connectivity index (χ0v) is 10.6. The number of carboxylic acids is 1. The second kappa shape index (κ2) is 4.86. The van der Waals surface area contributed by atoms with E-state index in [2.05, 4.69) is 5.32 Å². The van der Waals surface area contributed by atoms with E-state index in [1.165, 1.54) is 12.1 Å². The van der Waals surface area contributed by atoms with Gasteiger partial charge in [0.1, 0.15) is 5.56 Å². The lowest BCUT2D eigenvalue weighted by Crippen LogP contribution is -2.33. The molecule has 0 aromatic heterocycles. The van der Waals surface area contributed by atoms with Crippen LogP contribution in [0.4, 0.5) is 10.5 Å². The summed E-state index contributed by atoms with van der Waals surface area (Å²) >= 11 is 5.82. The number of amides is 2. The Balaban J connectivity index is 2.20. The minimum atomic E-state index is -1.16. The molecule has 0 heterocycles. The maximum absolute atomic E-state index is 11.9. The van der Waals surface area contributed by atoms with Gasteiger partial charge in [0.2, 0.25) is 0 Å². The van der Waals surface area contributed by atoms with Gasteiger partial charge in [0.05, 0.1) is 10.7 Å². The SMILES string of the molecule is CN(C(=O)Nc1cccc(Cl)c1C(=O)O)C1CC1. The lowest BCUT2D eigenvalue weighted by Gasteiger charge is -2.18. The summed E-state index contributed by atoms with van der Waals surface area (Å²) in [5, 5.41) is 11.8. The van der Waals surface area contributed by atoms with E-state index in [4.69, 9.17) is 16.7 Å². The molecule has 1 fully saturated rings. The normalized spacial score (nSPS) is 14.1. The molecular formula is C12H13ClN2O3. The first-order valence-corrected chi connectivity index (χ1v) is 5.94. The van der Waals surface area contributed by atoms with Gasteiger partial charge in [0, 0.05) is 13.1 Å². The number of anilines is 1. The lowest BCUT2D eigenvalue weighted by atomic mass is 10.2. The molecular weight excluding hydrogens is 256 g/mol.